The number of phenols is 1. The maximum Gasteiger partial charge on any atom is 0.335 e. The summed E-state index contributed by atoms with van der Waals surface area (Å²) in [4.78, 5) is 20.7. The second kappa shape index (κ2) is 9.96. The van der Waals surface area contributed by atoms with Crippen LogP contribution in [0.5, 0.6) is 5.75 Å². The largest absolute Gasteiger partial charge is 0.504 e. The first-order valence-corrected chi connectivity index (χ1v) is 7.20. The van der Waals surface area contributed by atoms with E-state index in [1.807, 2.05) is 13.8 Å². The predicted molar refractivity (Wildman–Crippen MR) is 93.7 cm³/mol. The monoisotopic (exact) mass is 354 g/mol. The number of benzene rings is 2. The number of hydrogen-bond donors (Lipinski definition) is 5. The lowest BCUT2D eigenvalue weighted by Gasteiger charge is -2.02. The summed E-state index contributed by atoms with van der Waals surface area (Å²) in [7, 11) is 0. The van der Waals surface area contributed by atoms with Gasteiger partial charge in [0.1, 0.15) is 0 Å². The first-order chi connectivity index (χ1) is 11.2. The third-order valence-corrected chi connectivity index (χ3v) is 2.76. The second-order valence-electron chi connectivity index (χ2n) is 4.13. The zero-order valence-corrected chi connectivity index (χ0v) is 13.9. The molecule has 0 bridgehead atoms. The number of carboxylic acids is 2. The maximum absolute atomic E-state index is 10.4. The molecule has 0 aliphatic heterocycles. The molecule has 0 aliphatic rings. The number of carbonyl (C=O) groups is 2. The Kier molecular flexibility index (Phi) is 8.74. The van der Waals surface area contributed by atoms with Gasteiger partial charge in [0.15, 0.2) is 5.75 Å². The van der Waals surface area contributed by atoms with Crippen LogP contribution in [-0.2, 0) is 0 Å². The van der Waals surface area contributed by atoms with Crippen molar-refractivity contribution in [1.82, 2.24) is 0 Å². The van der Waals surface area contributed by atoms with Gasteiger partial charge in [0.05, 0.1) is 21.8 Å². The molecule has 0 fully saturated rings. The third kappa shape index (κ3) is 6.45. The minimum Gasteiger partial charge on any atom is -0.504 e. The Labute approximate surface area is 144 Å². The molecule has 7 N–H and O–H groups in total. The van der Waals surface area contributed by atoms with Crippen molar-refractivity contribution in [3.05, 3.63) is 52.5 Å². The number of nitrogens with two attached hydrogens (primary N) is 2. The van der Waals surface area contributed by atoms with E-state index >= 15 is 0 Å². The lowest BCUT2D eigenvalue weighted by atomic mass is 10.2. The number of carboxylic acid groups (broad SMARTS) is 2. The highest BCUT2D eigenvalue weighted by molar-refractivity contribution is 6.32. The van der Waals surface area contributed by atoms with Gasteiger partial charge in [-0.15, -0.1) is 0 Å². The zero-order chi connectivity index (χ0) is 18.9. The van der Waals surface area contributed by atoms with Gasteiger partial charge in [-0.1, -0.05) is 31.5 Å². The molecule has 2 aromatic rings. The molecule has 0 aliphatic carbocycles. The average Bonchev–Trinajstić information content (AvgIpc) is 2.54. The summed E-state index contributed by atoms with van der Waals surface area (Å²) < 4.78 is 0. The van der Waals surface area contributed by atoms with Gasteiger partial charge in [-0.3, -0.25) is 0 Å². The van der Waals surface area contributed by atoms with Gasteiger partial charge in [0, 0.05) is 5.69 Å². The number of anilines is 2. The van der Waals surface area contributed by atoms with Gasteiger partial charge in [0.25, 0.3) is 0 Å². The minimum atomic E-state index is -1.14. The van der Waals surface area contributed by atoms with Gasteiger partial charge in [-0.05, 0) is 30.3 Å². The van der Waals surface area contributed by atoms with E-state index in [0.717, 1.165) is 12.1 Å². The Morgan fingerprint density at radius 2 is 1.50 bits per heavy atom. The molecule has 0 amide bonds. The summed E-state index contributed by atoms with van der Waals surface area (Å²) in [5.74, 6) is -2.38. The van der Waals surface area contributed by atoms with E-state index < -0.39 is 11.9 Å². The van der Waals surface area contributed by atoms with Gasteiger partial charge in [-0.2, -0.15) is 0 Å². The number of aromatic hydroxyl groups is 1. The van der Waals surface area contributed by atoms with Crippen molar-refractivity contribution < 1.29 is 24.9 Å². The highest BCUT2D eigenvalue weighted by Crippen LogP contribution is 2.30. The zero-order valence-electron chi connectivity index (χ0n) is 13.2. The number of aromatic carboxylic acids is 2. The van der Waals surface area contributed by atoms with Crippen LogP contribution >= 0.6 is 11.6 Å². The summed E-state index contributed by atoms with van der Waals surface area (Å²) in [6.45, 7) is 4.00. The molecule has 24 heavy (non-hydrogen) atoms. The fourth-order valence-electron chi connectivity index (χ4n) is 1.42. The molecule has 2 aromatic carbocycles. The molecule has 8 heteroatoms. The quantitative estimate of drug-likeness (QED) is 0.410. The maximum atomic E-state index is 10.4. The van der Waals surface area contributed by atoms with Crippen LogP contribution in [0.25, 0.3) is 0 Å². The average molecular weight is 355 g/mol. The predicted octanol–water partition coefficient (Wildman–Crippen LogP) is 3.32. The number of rotatable bonds is 2. The van der Waals surface area contributed by atoms with Crippen molar-refractivity contribution in [2.45, 2.75) is 13.8 Å². The van der Waals surface area contributed by atoms with Crippen LogP contribution in [-0.4, -0.2) is 27.3 Å². The lowest BCUT2D eigenvalue weighted by molar-refractivity contribution is 0.0686. The Balaban J connectivity index is 0.000000405. The molecule has 0 atom stereocenters. The first-order valence-electron chi connectivity index (χ1n) is 6.82. The van der Waals surface area contributed by atoms with Crippen molar-refractivity contribution in [2.24, 2.45) is 0 Å². The summed E-state index contributed by atoms with van der Waals surface area (Å²) in [6, 6.07) is 8.45. The lowest BCUT2D eigenvalue weighted by Crippen LogP contribution is -1.98. The topological polar surface area (TPSA) is 147 Å². The first kappa shape index (κ1) is 21.1. The summed E-state index contributed by atoms with van der Waals surface area (Å²) >= 11 is 5.47. The summed E-state index contributed by atoms with van der Waals surface area (Å²) in [5, 5.41) is 26.0. The normalized spacial score (nSPS) is 8.96. The SMILES string of the molecule is CC.Nc1cc(C(=O)O)cc(Cl)c1O.Nc1cccc(C(=O)O)c1. The fraction of sp³-hybridized carbons (Fsp3) is 0.125. The van der Waals surface area contributed by atoms with Crippen LogP contribution in [0.15, 0.2) is 36.4 Å². The molecule has 7 nitrogen and oxygen atoms in total. The standard InChI is InChI=1S/C7H6ClNO3.C7H7NO2.C2H6/c8-4-1-3(7(11)12)2-5(9)6(4)10;8-6-3-1-2-5(4-6)7(9)10;1-2/h1-2,10H,9H2,(H,11,12);1-4H,8H2,(H,9,10);1-2H3. The number of halogens is 1. The molecule has 0 saturated carbocycles. The summed E-state index contributed by atoms with van der Waals surface area (Å²) in [6.07, 6.45) is 0. The van der Waals surface area contributed by atoms with Gasteiger partial charge < -0.3 is 26.8 Å². The molecule has 0 unspecified atom stereocenters. The van der Waals surface area contributed by atoms with Crippen LogP contribution in [0.4, 0.5) is 11.4 Å². The minimum absolute atomic E-state index is 0.0418. The van der Waals surface area contributed by atoms with Gasteiger partial charge in [0.2, 0.25) is 0 Å². The molecular formula is C16H19ClN2O5. The van der Waals surface area contributed by atoms with Crippen molar-refractivity contribution in [2.75, 3.05) is 11.5 Å². The van der Waals surface area contributed by atoms with E-state index in [1.165, 1.54) is 12.1 Å². The van der Waals surface area contributed by atoms with Crippen molar-refractivity contribution in [1.29, 1.82) is 0 Å². The highest BCUT2D eigenvalue weighted by Gasteiger charge is 2.09. The van der Waals surface area contributed by atoms with E-state index in [0.29, 0.717) is 5.69 Å². The fourth-order valence-corrected chi connectivity index (χ4v) is 1.64. The van der Waals surface area contributed by atoms with E-state index in [9.17, 15) is 9.59 Å². The van der Waals surface area contributed by atoms with Crippen LogP contribution in [0.1, 0.15) is 34.6 Å². The van der Waals surface area contributed by atoms with Crippen LogP contribution in [0.3, 0.4) is 0 Å². The Hall–Kier alpha value is -2.93. The number of hydrogen-bond acceptors (Lipinski definition) is 5. The number of phenolic OH excluding ortho intramolecular Hbond substituents is 1. The Bertz CT molecular complexity index is 696. The smallest absolute Gasteiger partial charge is 0.335 e. The Morgan fingerprint density at radius 3 is 1.88 bits per heavy atom. The molecular weight excluding hydrogens is 336 g/mol. The van der Waals surface area contributed by atoms with E-state index in [-0.39, 0.29) is 27.6 Å². The van der Waals surface area contributed by atoms with E-state index in [1.54, 1.807) is 12.1 Å². The molecule has 0 spiro atoms. The highest BCUT2D eigenvalue weighted by atomic mass is 35.5. The molecule has 0 radical (unpaired) electrons. The van der Waals surface area contributed by atoms with Crippen LogP contribution in [0.2, 0.25) is 5.02 Å². The van der Waals surface area contributed by atoms with Crippen molar-refractivity contribution >= 4 is 34.9 Å². The van der Waals surface area contributed by atoms with Crippen LogP contribution in [0, 0.1) is 0 Å². The molecule has 0 saturated heterocycles. The third-order valence-electron chi connectivity index (χ3n) is 2.47. The second-order valence-corrected chi connectivity index (χ2v) is 4.54. The molecule has 130 valence electrons. The molecule has 0 aromatic heterocycles. The Morgan fingerprint density at radius 1 is 0.958 bits per heavy atom. The van der Waals surface area contributed by atoms with Crippen molar-refractivity contribution in [3.8, 4) is 5.75 Å². The number of nitrogen functional groups attached to an aromatic ring is 2. The van der Waals surface area contributed by atoms with E-state index in [4.69, 9.17) is 38.4 Å². The van der Waals surface area contributed by atoms with Gasteiger partial charge >= 0.3 is 11.9 Å². The van der Waals surface area contributed by atoms with Crippen molar-refractivity contribution in [3.63, 3.8) is 0 Å². The van der Waals surface area contributed by atoms with Gasteiger partial charge in [-0.25, -0.2) is 9.59 Å². The summed E-state index contributed by atoms with van der Waals surface area (Å²) in [5.41, 5.74) is 11.2. The van der Waals surface area contributed by atoms with E-state index in [2.05, 4.69) is 0 Å². The van der Waals surface area contributed by atoms with Crippen LogP contribution < -0.4 is 11.5 Å². The molecule has 0 heterocycles. The molecule has 2 rings (SSSR count).